The van der Waals surface area contributed by atoms with Crippen LogP contribution in [0.25, 0.3) is 5.65 Å². The van der Waals surface area contributed by atoms with Gasteiger partial charge in [-0.2, -0.15) is 5.10 Å². The fourth-order valence-corrected chi connectivity index (χ4v) is 3.53. The van der Waals surface area contributed by atoms with Crippen molar-refractivity contribution in [3.8, 4) is 0 Å². The molecule has 5 rings (SSSR count). The van der Waals surface area contributed by atoms with Crippen molar-refractivity contribution in [1.82, 2.24) is 19.6 Å². The number of hydrogen-bond donors (Lipinski definition) is 1. The van der Waals surface area contributed by atoms with Crippen LogP contribution in [0.15, 0.2) is 67.1 Å². The van der Waals surface area contributed by atoms with Crippen LogP contribution in [-0.4, -0.2) is 32.0 Å². The standard InChI is InChI=1S/C21H18N6O/c28-21(26-12-9-15-3-1-2-4-18(15)26)16-5-6-19(23-13-16)24-14-17-7-10-22-20-8-11-25-27(17)20/h1-8,10-11,13H,9,12,14H2,(H,23,24). The second kappa shape index (κ2) is 6.77. The number of carbonyl (C=O) groups excluding carboxylic acids is 1. The highest BCUT2D eigenvalue weighted by Gasteiger charge is 2.25. The van der Waals surface area contributed by atoms with Gasteiger partial charge in [-0.1, -0.05) is 18.2 Å². The third-order valence-electron chi connectivity index (χ3n) is 4.96. The molecular formula is C21H18N6O. The predicted molar refractivity (Wildman–Crippen MR) is 106 cm³/mol. The Morgan fingerprint density at radius 2 is 1.96 bits per heavy atom. The molecule has 1 N–H and O–H groups in total. The van der Waals surface area contributed by atoms with Crippen LogP contribution < -0.4 is 10.2 Å². The summed E-state index contributed by atoms with van der Waals surface area (Å²) in [7, 11) is 0. The fraction of sp³-hybridized carbons (Fsp3) is 0.143. The fourth-order valence-electron chi connectivity index (χ4n) is 3.53. The first kappa shape index (κ1) is 16.4. The van der Waals surface area contributed by atoms with E-state index in [-0.39, 0.29) is 5.91 Å². The third-order valence-corrected chi connectivity index (χ3v) is 4.96. The van der Waals surface area contributed by atoms with E-state index in [4.69, 9.17) is 0 Å². The Kier molecular flexibility index (Phi) is 3.97. The van der Waals surface area contributed by atoms with Crippen LogP contribution in [0.4, 0.5) is 11.5 Å². The molecular weight excluding hydrogens is 352 g/mol. The first-order valence-electron chi connectivity index (χ1n) is 9.17. The molecule has 0 atom stereocenters. The van der Waals surface area contributed by atoms with Crippen molar-refractivity contribution in [3.63, 3.8) is 0 Å². The van der Waals surface area contributed by atoms with Crippen molar-refractivity contribution >= 4 is 23.1 Å². The van der Waals surface area contributed by atoms with Gasteiger partial charge in [-0.3, -0.25) is 4.79 Å². The van der Waals surface area contributed by atoms with Crippen LogP contribution in [0.3, 0.4) is 0 Å². The first-order valence-corrected chi connectivity index (χ1v) is 9.17. The van der Waals surface area contributed by atoms with E-state index in [2.05, 4.69) is 26.4 Å². The third kappa shape index (κ3) is 2.87. The molecule has 4 heterocycles. The molecule has 138 valence electrons. The van der Waals surface area contributed by atoms with E-state index in [1.807, 2.05) is 47.4 Å². The number of benzene rings is 1. The summed E-state index contributed by atoms with van der Waals surface area (Å²) < 4.78 is 1.79. The second-order valence-corrected chi connectivity index (χ2v) is 6.66. The number of para-hydroxylation sites is 1. The molecule has 0 aliphatic carbocycles. The Hall–Kier alpha value is -3.74. The maximum absolute atomic E-state index is 12.9. The average molecular weight is 370 g/mol. The van der Waals surface area contributed by atoms with Crippen molar-refractivity contribution < 1.29 is 4.79 Å². The maximum atomic E-state index is 12.9. The Morgan fingerprint density at radius 3 is 2.86 bits per heavy atom. The molecule has 4 aromatic rings. The van der Waals surface area contributed by atoms with Gasteiger partial charge >= 0.3 is 0 Å². The smallest absolute Gasteiger partial charge is 0.259 e. The number of rotatable bonds is 4. The Balaban J connectivity index is 1.30. The highest BCUT2D eigenvalue weighted by Crippen LogP contribution is 2.28. The van der Waals surface area contributed by atoms with Gasteiger partial charge in [-0.15, -0.1) is 0 Å². The average Bonchev–Trinajstić information content (AvgIpc) is 3.39. The van der Waals surface area contributed by atoms with Gasteiger partial charge in [0.05, 0.1) is 24.0 Å². The van der Waals surface area contributed by atoms with Gasteiger partial charge in [0.15, 0.2) is 5.65 Å². The predicted octanol–water partition coefficient (Wildman–Crippen LogP) is 2.94. The quantitative estimate of drug-likeness (QED) is 0.598. The normalized spacial score (nSPS) is 12.9. The molecule has 7 nitrogen and oxygen atoms in total. The molecule has 0 saturated heterocycles. The molecule has 0 saturated carbocycles. The topological polar surface area (TPSA) is 75.4 Å². The summed E-state index contributed by atoms with van der Waals surface area (Å²) in [6.45, 7) is 1.26. The largest absolute Gasteiger partial charge is 0.364 e. The molecule has 0 radical (unpaired) electrons. The number of aromatic nitrogens is 4. The minimum absolute atomic E-state index is 0.0172. The number of amides is 1. The molecule has 1 amide bonds. The van der Waals surface area contributed by atoms with Gasteiger partial charge in [0, 0.05) is 30.7 Å². The SMILES string of the molecule is O=C(c1ccc(NCc2ccnc3ccnn23)nc1)N1CCc2ccccc21. The summed E-state index contributed by atoms with van der Waals surface area (Å²) >= 11 is 0. The Bertz CT molecular complexity index is 1150. The molecule has 0 fully saturated rings. The lowest BCUT2D eigenvalue weighted by Gasteiger charge is -2.17. The van der Waals surface area contributed by atoms with E-state index in [1.165, 1.54) is 5.56 Å². The van der Waals surface area contributed by atoms with Gasteiger partial charge in [-0.05, 0) is 36.2 Å². The molecule has 1 aliphatic heterocycles. The molecule has 0 bridgehead atoms. The van der Waals surface area contributed by atoms with E-state index in [0.717, 1.165) is 23.4 Å². The van der Waals surface area contributed by atoms with Crippen LogP contribution >= 0.6 is 0 Å². The zero-order valence-electron chi connectivity index (χ0n) is 15.1. The van der Waals surface area contributed by atoms with Crippen molar-refractivity contribution in [2.75, 3.05) is 16.8 Å². The van der Waals surface area contributed by atoms with E-state index < -0.39 is 0 Å². The van der Waals surface area contributed by atoms with E-state index >= 15 is 0 Å². The second-order valence-electron chi connectivity index (χ2n) is 6.66. The van der Waals surface area contributed by atoms with E-state index in [0.29, 0.717) is 24.5 Å². The van der Waals surface area contributed by atoms with Gasteiger partial charge in [-0.25, -0.2) is 14.5 Å². The van der Waals surface area contributed by atoms with Crippen LogP contribution in [-0.2, 0) is 13.0 Å². The van der Waals surface area contributed by atoms with Crippen molar-refractivity contribution in [3.05, 3.63) is 83.9 Å². The monoisotopic (exact) mass is 370 g/mol. The van der Waals surface area contributed by atoms with Crippen LogP contribution in [0, 0.1) is 0 Å². The van der Waals surface area contributed by atoms with E-state index in [1.54, 1.807) is 23.1 Å². The van der Waals surface area contributed by atoms with Crippen LogP contribution in [0.2, 0.25) is 0 Å². The maximum Gasteiger partial charge on any atom is 0.259 e. The lowest BCUT2D eigenvalue weighted by molar-refractivity contribution is 0.0989. The Morgan fingerprint density at radius 1 is 1.04 bits per heavy atom. The summed E-state index contributed by atoms with van der Waals surface area (Å²) in [5, 5.41) is 7.54. The van der Waals surface area contributed by atoms with Crippen molar-refractivity contribution in [1.29, 1.82) is 0 Å². The zero-order valence-corrected chi connectivity index (χ0v) is 15.1. The minimum Gasteiger partial charge on any atom is -0.364 e. The molecule has 3 aromatic heterocycles. The number of hydrogen-bond acceptors (Lipinski definition) is 5. The van der Waals surface area contributed by atoms with Crippen molar-refractivity contribution in [2.24, 2.45) is 0 Å². The Labute approximate surface area is 161 Å². The summed E-state index contributed by atoms with van der Waals surface area (Å²) in [5.41, 5.74) is 4.57. The van der Waals surface area contributed by atoms with E-state index in [9.17, 15) is 4.79 Å². The highest BCUT2D eigenvalue weighted by molar-refractivity contribution is 6.07. The number of nitrogens with one attached hydrogen (secondary N) is 1. The number of pyridine rings is 1. The summed E-state index contributed by atoms with van der Waals surface area (Å²) in [5.74, 6) is 0.687. The van der Waals surface area contributed by atoms with Crippen LogP contribution in [0.1, 0.15) is 21.6 Å². The lowest BCUT2D eigenvalue weighted by atomic mass is 10.2. The van der Waals surface area contributed by atoms with Gasteiger partial charge in [0.2, 0.25) is 0 Å². The molecule has 0 unspecified atom stereocenters. The number of anilines is 2. The molecule has 0 spiro atoms. The summed E-state index contributed by atoms with van der Waals surface area (Å²) in [4.78, 5) is 23.4. The molecule has 1 aromatic carbocycles. The zero-order chi connectivity index (χ0) is 18.9. The number of carbonyl (C=O) groups is 1. The lowest BCUT2D eigenvalue weighted by Crippen LogP contribution is -2.28. The molecule has 7 heteroatoms. The first-order chi connectivity index (χ1) is 13.8. The van der Waals surface area contributed by atoms with Crippen LogP contribution in [0.5, 0.6) is 0 Å². The van der Waals surface area contributed by atoms with Gasteiger partial charge < -0.3 is 10.2 Å². The highest BCUT2D eigenvalue weighted by atomic mass is 16.2. The summed E-state index contributed by atoms with van der Waals surface area (Å²) in [6, 6.07) is 15.5. The molecule has 28 heavy (non-hydrogen) atoms. The summed E-state index contributed by atoms with van der Waals surface area (Å²) in [6.07, 6.45) is 6.00. The molecule has 1 aliphatic rings. The minimum atomic E-state index is -0.0172. The van der Waals surface area contributed by atoms with Gasteiger partial charge in [0.25, 0.3) is 5.91 Å². The van der Waals surface area contributed by atoms with Crippen molar-refractivity contribution in [2.45, 2.75) is 13.0 Å². The number of fused-ring (bicyclic) bond motifs is 2. The number of nitrogens with zero attached hydrogens (tertiary/aromatic N) is 5. The van der Waals surface area contributed by atoms with Gasteiger partial charge in [0.1, 0.15) is 5.82 Å².